The van der Waals surface area contributed by atoms with Crippen molar-refractivity contribution in [3.63, 3.8) is 0 Å². The molecular formula is C14H16N2O3S2. The van der Waals surface area contributed by atoms with Crippen LogP contribution in [0.1, 0.15) is 23.4 Å². The first-order valence-corrected chi connectivity index (χ1v) is 8.90. The summed E-state index contributed by atoms with van der Waals surface area (Å²) in [6.45, 7) is 2.35. The van der Waals surface area contributed by atoms with Gasteiger partial charge in [0.15, 0.2) is 0 Å². The lowest BCUT2D eigenvalue weighted by Crippen LogP contribution is -2.38. The number of phenols is 1. The summed E-state index contributed by atoms with van der Waals surface area (Å²) in [5.74, 6) is -0.110. The number of phenolic OH excluding ortho intramolecular Hbond substituents is 1. The molecule has 21 heavy (non-hydrogen) atoms. The van der Waals surface area contributed by atoms with Crippen molar-refractivity contribution in [2.24, 2.45) is 0 Å². The van der Waals surface area contributed by atoms with Gasteiger partial charge in [0.2, 0.25) is 10.0 Å². The van der Waals surface area contributed by atoms with Crippen molar-refractivity contribution >= 4 is 27.0 Å². The van der Waals surface area contributed by atoms with E-state index in [1.165, 1.54) is 27.4 Å². The normalized spacial score (nSPS) is 19.4. The number of nitrogens with two attached hydrogens (primary N) is 1. The molecule has 0 spiro atoms. The van der Waals surface area contributed by atoms with E-state index in [9.17, 15) is 13.5 Å². The lowest BCUT2D eigenvalue weighted by atomic mass is 10.0. The number of anilines is 1. The van der Waals surface area contributed by atoms with Crippen LogP contribution >= 0.6 is 11.3 Å². The van der Waals surface area contributed by atoms with Gasteiger partial charge < -0.3 is 10.8 Å². The number of thiophene rings is 1. The predicted molar refractivity (Wildman–Crippen MR) is 82.8 cm³/mol. The van der Waals surface area contributed by atoms with Crippen molar-refractivity contribution < 1.29 is 13.5 Å². The van der Waals surface area contributed by atoms with Crippen LogP contribution in [0, 0.1) is 0 Å². The quantitative estimate of drug-likeness (QED) is 0.656. The Hall–Kier alpha value is -1.57. The Kier molecular flexibility index (Phi) is 3.43. The van der Waals surface area contributed by atoms with E-state index in [2.05, 4.69) is 0 Å². The Morgan fingerprint density at radius 3 is 2.86 bits per heavy atom. The summed E-state index contributed by atoms with van der Waals surface area (Å²) in [4.78, 5) is 1.36. The van der Waals surface area contributed by atoms with E-state index in [1.807, 2.05) is 18.4 Å². The zero-order chi connectivity index (χ0) is 15.2. The Balaban J connectivity index is 2.01. The fourth-order valence-electron chi connectivity index (χ4n) is 2.64. The zero-order valence-electron chi connectivity index (χ0n) is 11.5. The molecule has 1 aromatic heterocycles. The smallest absolute Gasteiger partial charge is 0.243 e. The molecule has 1 aliphatic heterocycles. The van der Waals surface area contributed by atoms with E-state index in [0.717, 1.165) is 12.0 Å². The van der Waals surface area contributed by atoms with Gasteiger partial charge in [-0.05, 0) is 48.6 Å². The third kappa shape index (κ3) is 2.31. The van der Waals surface area contributed by atoms with Crippen molar-refractivity contribution in [1.29, 1.82) is 0 Å². The highest BCUT2D eigenvalue weighted by molar-refractivity contribution is 7.89. The van der Waals surface area contributed by atoms with Crippen LogP contribution in [0.3, 0.4) is 0 Å². The molecular weight excluding hydrogens is 308 g/mol. The van der Waals surface area contributed by atoms with Crippen LogP contribution in [0.5, 0.6) is 5.75 Å². The minimum absolute atomic E-state index is 0.0666. The number of nitrogen functional groups attached to an aromatic ring is 1. The second-order valence-corrected chi connectivity index (χ2v) is 7.95. The number of nitrogens with zero attached hydrogens (tertiary/aromatic N) is 1. The summed E-state index contributed by atoms with van der Waals surface area (Å²) in [7, 11) is -3.62. The molecule has 5 nitrogen and oxygen atoms in total. The molecule has 0 aliphatic carbocycles. The summed E-state index contributed by atoms with van der Waals surface area (Å²) in [5.41, 5.74) is 6.75. The monoisotopic (exact) mass is 324 g/mol. The molecule has 112 valence electrons. The third-order valence-corrected chi connectivity index (χ3v) is 6.79. The minimum Gasteiger partial charge on any atom is -0.506 e. The van der Waals surface area contributed by atoms with E-state index in [4.69, 9.17) is 5.73 Å². The average Bonchev–Trinajstić information content (AvgIpc) is 2.91. The fourth-order valence-corrected chi connectivity index (χ4v) is 5.25. The number of fused-ring (bicyclic) bond motifs is 1. The van der Waals surface area contributed by atoms with Crippen LogP contribution in [-0.2, 0) is 16.4 Å². The number of hydrogen-bond acceptors (Lipinski definition) is 5. The van der Waals surface area contributed by atoms with Crippen LogP contribution in [-0.4, -0.2) is 24.4 Å². The summed E-state index contributed by atoms with van der Waals surface area (Å²) < 4.78 is 27.1. The van der Waals surface area contributed by atoms with E-state index < -0.39 is 10.0 Å². The molecule has 3 rings (SSSR count). The standard InChI is InChI=1S/C14H16N2O3S2/c1-9-11-5-7-20-14(11)4-6-16(9)21(18,19)10-2-3-13(17)12(15)8-10/h2-3,5,7-9,17H,4,6,15H2,1H3. The van der Waals surface area contributed by atoms with E-state index >= 15 is 0 Å². The van der Waals surface area contributed by atoms with Crippen molar-refractivity contribution in [3.8, 4) is 5.75 Å². The molecule has 0 saturated heterocycles. The SMILES string of the molecule is CC1c2ccsc2CCN1S(=O)(=O)c1ccc(O)c(N)c1. The van der Waals surface area contributed by atoms with Gasteiger partial charge in [0, 0.05) is 17.5 Å². The number of aromatic hydroxyl groups is 1. The van der Waals surface area contributed by atoms with Crippen molar-refractivity contribution in [3.05, 3.63) is 40.1 Å². The van der Waals surface area contributed by atoms with Crippen LogP contribution in [0.2, 0.25) is 0 Å². The summed E-state index contributed by atoms with van der Waals surface area (Å²) in [6.07, 6.45) is 0.726. The molecule has 1 atom stereocenters. The van der Waals surface area contributed by atoms with Crippen LogP contribution < -0.4 is 5.73 Å². The van der Waals surface area contributed by atoms with Gasteiger partial charge in [0.05, 0.1) is 10.6 Å². The van der Waals surface area contributed by atoms with Crippen molar-refractivity contribution in [1.82, 2.24) is 4.31 Å². The maximum Gasteiger partial charge on any atom is 0.243 e. The second kappa shape index (κ2) is 5.01. The van der Waals surface area contributed by atoms with Gasteiger partial charge in [-0.25, -0.2) is 8.42 Å². The maximum absolute atomic E-state index is 12.8. The highest BCUT2D eigenvalue weighted by Gasteiger charge is 2.34. The van der Waals surface area contributed by atoms with Crippen LogP contribution in [0.25, 0.3) is 0 Å². The molecule has 0 radical (unpaired) electrons. The largest absolute Gasteiger partial charge is 0.506 e. The van der Waals surface area contributed by atoms with Gasteiger partial charge >= 0.3 is 0 Å². The first-order valence-electron chi connectivity index (χ1n) is 6.58. The zero-order valence-corrected chi connectivity index (χ0v) is 13.1. The lowest BCUT2D eigenvalue weighted by Gasteiger charge is -2.32. The molecule has 1 aliphatic rings. The Morgan fingerprint density at radius 2 is 2.14 bits per heavy atom. The predicted octanol–water partition coefficient (Wildman–Crippen LogP) is 2.34. The topological polar surface area (TPSA) is 83.6 Å². The number of sulfonamides is 1. The highest BCUT2D eigenvalue weighted by Crippen LogP contribution is 2.37. The molecule has 0 fully saturated rings. The van der Waals surface area contributed by atoms with Gasteiger partial charge in [-0.3, -0.25) is 0 Å². The first kappa shape index (κ1) is 14.4. The summed E-state index contributed by atoms with van der Waals surface area (Å²) >= 11 is 1.67. The van der Waals surface area contributed by atoms with Gasteiger partial charge in [0.1, 0.15) is 5.75 Å². The Bertz CT molecular complexity index is 783. The highest BCUT2D eigenvalue weighted by atomic mass is 32.2. The fraction of sp³-hybridized carbons (Fsp3) is 0.286. The molecule has 0 saturated carbocycles. The molecule has 0 amide bonds. The number of rotatable bonds is 2. The molecule has 2 heterocycles. The second-order valence-electron chi connectivity index (χ2n) is 5.06. The average molecular weight is 324 g/mol. The summed E-state index contributed by atoms with van der Waals surface area (Å²) in [6, 6.07) is 5.79. The molecule has 2 aromatic rings. The van der Waals surface area contributed by atoms with Crippen molar-refractivity contribution in [2.45, 2.75) is 24.3 Å². The van der Waals surface area contributed by atoms with Gasteiger partial charge in [-0.2, -0.15) is 4.31 Å². The van der Waals surface area contributed by atoms with E-state index in [1.54, 1.807) is 11.3 Å². The Labute approximate surface area is 127 Å². The van der Waals surface area contributed by atoms with Gasteiger partial charge in [0.25, 0.3) is 0 Å². The number of hydrogen-bond donors (Lipinski definition) is 2. The number of benzene rings is 1. The Morgan fingerprint density at radius 1 is 1.38 bits per heavy atom. The minimum atomic E-state index is -3.62. The molecule has 3 N–H and O–H groups in total. The molecule has 1 aromatic carbocycles. The third-order valence-electron chi connectivity index (χ3n) is 3.83. The summed E-state index contributed by atoms with van der Waals surface area (Å²) in [5, 5.41) is 11.4. The molecule has 1 unspecified atom stereocenters. The van der Waals surface area contributed by atoms with Gasteiger partial charge in [-0.15, -0.1) is 11.3 Å². The molecule has 0 bridgehead atoms. The molecule has 7 heteroatoms. The van der Waals surface area contributed by atoms with Gasteiger partial charge in [-0.1, -0.05) is 0 Å². The van der Waals surface area contributed by atoms with Crippen LogP contribution in [0.15, 0.2) is 34.5 Å². The van der Waals surface area contributed by atoms with Crippen LogP contribution in [0.4, 0.5) is 5.69 Å². The van der Waals surface area contributed by atoms with E-state index in [0.29, 0.717) is 6.54 Å². The maximum atomic E-state index is 12.8. The van der Waals surface area contributed by atoms with Crippen molar-refractivity contribution in [2.75, 3.05) is 12.3 Å². The lowest BCUT2D eigenvalue weighted by molar-refractivity contribution is 0.329. The van der Waals surface area contributed by atoms with E-state index in [-0.39, 0.29) is 22.4 Å². The first-order chi connectivity index (χ1) is 9.91.